The molecule has 3 heterocycles. The van der Waals surface area contributed by atoms with Crippen molar-refractivity contribution >= 4 is 45.8 Å². The molecule has 0 saturated carbocycles. The maximum absolute atomic E-state index is 13.9. The van der Waals surface area contributed by atoms with Gasteiger partial charge in [0.1, 0.15) is 30.0 Å². The second kappa shape index (κ2) is 12.8. The van der Waals surface area contributed by atoms with Crippen molar-refractivity contribution in [2.24, 2.45) is 5.41 Å². The van der Waals surface area contributed by atoms with E-state index in [1.165, 1.54) is 5.56 Å². The van der Waals surface area contributed by atoms with Gasteiger partial charge in [-0.2, -0.15) is 0 Å². The van der Waals surface area contributed by atoms with Gasteiger partial charge in [0.25, 0.3) is 0 Å². The summed E-state index contributed by atoms with van der Waals surface area (Å²) in [4.78, 5) is 53.4. The lowest BCUT2D eigenvalue weighted by Gasteiger charge is -2.36. The highest BCUT2D eigenvalue weighted by Gasteiger charge is 2.42. The average molecular weight is 602 g/mol. The molecule has 3 aromatic rings. The maximum atomic E-state index is 13.9. The molecule has 1 unspecified atom stereocenters. The molecule has 44 heavy (non-hydrogen) atoms. The van der Waals surface area contributed by atoms with Crippen LogP contribution in [0.5, 0.6) is 5.75 Å². The van der Waals surface area contributed by atoms with E-state index in [1.54, 1.807) is 38.4 Å². The predicted octanol–water partition coefficient (Wildman–Crippen LogP) is 3.79. The zero-order valence-electron chi connectivity index (χ0n) is 26.4. The number of carbonyl (C=O) groups excluding carboxylic acids is 3. The minimum atomic E-state index is -0.790. The number of likely N-dealkylation sites (tertiary alicyclic amines) is 1. The first-order chi connectivity index (χ1) is 21.0. The summed E-state index contributed by atoms with van der Waals surface area (Å²) in [6.07, 6.45) is 4.76. The normalized spacial score (nSPS) is 18.0. The van der Waals surface area contributed by atoms with Crippen LogP contribution in [0.4, 0.5) is 17.2 Å². The van der Waals surface area contributed by atoms with E-state index in [9.17, 15) is 14.4 Å². The minimum Gasteiger partial charge on any atom is -0.494 e. The first-order valence-corrected chi connectivity index (χ1v) is 15.3. The van der Waals surface area contributed by atoms with Crippen molar-refractivity contribution < 1.29 is 19.1 Å². The summed E-state index contributed by atoms with van der Waals surface area (Å²) in [5.41, 5.74) is 3.00. The third-order valence-corrected chi connectivity index (χ3v) is 8.62. The van der Waals surface area contributed by atoms with Gasteiger partial charge in [-0.15, -0.1) is 0 Å². The second-order valence-electron chi connectivity index (χ2n) is 12.6. The molecule has 5 rings (SSSR count). The third kappa shape index (κ3) is 6.19. The number of rotatable bonds is 8. The molecular formula is C33H43N7O4. The van der Waals surface area contributed by atoms with Crippen LogP contribution in [0.1, 0.15) is 52.5 Å². The van der Waals surface area contributed by atoms with Gasteiger partial charge in [0.05, 0.1) is 24.4 Å². The quantitative estimate of drug-likeness (QED) is 0.356. The van der Waals surface area contributed by atoms with E-state index in [0.717, 1.165) is 36.3 Å². The van der Waals surface area contributed by atoms with Crippen LogP contribution in [0, 0.1) is 5.41 Å². The van der Waals surface area contributed by atoms with Crippen LogP contribution in [0.2, 0.25) is 0 Å². The largest absolute Gasteiger partial charge is 0.494 e. The molecule has 1 aromatic heterocycles. The first kappa shape index (κ1) is 31.2. The SMILES string of the molecule is CN[C@@H](C)C(=O)N[C@H](C(=O)N1CCCC1C(=O)Nc1cc2c(N3CCCc4ccccc43)ncnc2cc1OC)C(C)(C)C. The lowest BCUT2D eigenvalue weighted by atomic mass is 9.85. The summed E-state index contributed by atoms with van der Waals surface area (Å²) in [7, 11) is 3.24. The van der Waals surface area contributed by atoms with Crippen LogP contribution in [0.25, 0.3) is 10.9 Å². The second-order valence-corrected chi connectivity index (χ2v) is 12.6. The van der Waals surface area contributed by atoms with E-state index < -0.39 is 23.5 Å². The highest BCUT2D eigenvalue weighted by molar-refractivity contribution is 6.03. The summed E-state index contributed by atoms with van der Waals surface area (Å²) in [6.45, 7) is 8.71. The number of aryl methyl sites for hydroxylation is 1. The number of nitrogens with one attached hydrogen (secondary N) is 3. The molecule has 2 aromatic carbocycles. The van der Waals surface area contributed by atoms with Crippen molar-refractivity contribution in [2.45, 2.75) is 71.5 Å². The summed E-state index contributed by atoms with van der Waals surface area (Å²) >= 11 is 0. The van der Waals surface area contributed by atoms with Crippen molar-refractivity contribution in [1.82, 2.24) is 25.5 Å². The molecule has 3 atom stereocenters. The molecule has 0 spiro atoms. The van der Waals surface area contributed by atoms with Crippen LogP contribution >= 0.6 is 0 Å². The molecule has 11 nitrogen and oxygen atoms in total. The van der Waals surface area contributed by atoms with E-state index in [0.29, 0.717) is 36.3 Å². The van der Waals surface area contributed by atoms with Crippen LogP contribution in [0.15, 0.2) is 42.7 Å². The molecular weight excluding hydrogens is 558 g/mol. The molecule has 3 N–H and O–H groups in total. The highest BCUT2D eigenvalue weighted by atomic mass is 16.5. The zero-order valence-corrected chi connectivity index (χ0v) is 26.4. The molecule has 2 aliphatic rings. The number of nitrogens with zero attached hydrogens (tertiary/aromatic N) is 4. The molecule has 0 bridgehead atoms. The standard InChI is InChI=1S/C33H43N7O4/c1-20(34-5)30(41)38-28(33(2,3)4)32(43)40-16-10-14-26(40)31(42)37-24-17-22-23(18-27(24)44-6)35-19-36-29(22)39-15-9-12-21-11-7-8-13-25(21)39/h7-8,11,13,17-20,26,28,34H,9-10,12,14-16H2,1-6H3,(H,37,42)(H,38,41)/t20-,26?,28+/m0/s1. The van der Waals surface area contributed by atoms with E-state index in [-0.39, 0.29) is 17.7 Å². The van der Waals surface area contributed by atoms with Gasteiger partial charge < -0.3 is 30.5 Å². The average Bonchev–Trinajstić information content (AvgIpc) is 3.52. The Morgan fingerprint density at radius 1 is 1.07 bits per heavy atom. The van der Waals surface area contributed by atoms with Crippen LogP contribution in [-0.4, -0.2) is 78.0 Å². The number of ether oxygens (including phenoxy) is 1. The van der Waals surface area contributed by atoms with Crippen LogP contribution in [-0.2, 0) is 20.8 Å². The Morgan fingerprint density at radius 2 is 1.84 bits per heavy atom. The molecule has 234 valence electrons. The highest BCUT2D eigenvalue weighted by Crippen LogP contribution is 2.39. The number of fused-ring (bicyclic) bond motifs is 2. The molecule has 0 aliphatic carbocycles. The molecule has 0 radical (unpaired) electrons. The van der Waals surface area contributed by atoms with Gasteiger partial charge in [0, 0.05) is 30.2 Å². The van der Waals surface area contributed by atoms with Crippen LogP contribution in [0.3, 0.4) is 0 Å². The Morgan fingerprint density at radius 3 is 2.57 bits per heavy atom. The fourth-order valence-electron chi connectivity index (χ4n) is 6.04. The molecule has 3 amide bonds. The lowest BCUT2D eigenvalue weighted by Crippen LogP contribution is -2.59. The molecule has 1 fully saturated rings. The number of para-hydroxylation sites is 1. The smallest absolute Gasteiger partial charge is 0.247 e. The van der Waals surface area contributed by atoms with Crippen molar-refractivity contribution in [3.05, 3.63) is 48.3 Å². The van der Waals surface area contributed by atoms with E-state index in [1.807, 2.05) is 32.9 Å². The molecule has 2 aliphatic heterocycles. The van der Waals surface area contributed by atoms with Gasteiger partial charge in [-0.25, -0.2) is 9.97 Å². The van der Waals surface area contributed by atoms with Gasteiger partial charge in [-0.05, 0) is 62.8 Å². The Hall–Kier alpha value is -4.25. The van der Waals surface area contributed by atoms with Crippen molar-refractivity contribution in [1.29, 1.82) is 0 Å². The maximum Gasteiger partial charge on any atom is 0.247 e. The van der Waals surface area contributed by atoms with Crippen molar-refractivity contribution in [3.8, 4) is 5.75 Å². The molecule has 11 heteroatoms. The zero-order chi connectivity index (χ0) is 31.6. The minimum absolute atomic E-state index is 0.267. The van der Waals surface area contributed by atoms with Gasteiger partial charge in [-0.1, -0.05) is 39.0 Å². The Balaban J connectivity index is 1.43. The summed E-state index contributed by atoms with van der Waals surface area (Å²) in [6, 6.07) is 10.1. The molecule has 1 saturated heterocycles. The first-order valence-electron chi connectivity index (χ1n) is 15.3. The number of hydrogen-bond acceptors (Lipinski definition) is 8. The Kier molecular flexibility index (Phi) is 9.05. The van der Waals surface area contributed by atoms with E-state index in [4.69, 9.17) is 4.74 Å². The van der Waals surface area contributed by atoms with Gasteiger partial charge in [0.2, 0.25) is 17.7 Å². The van der Waals surface area contributed by atoms with Crippen molar-refractivity contribution in [3.63, 3.8) is 0 Å². The number of anilines is 3. The summed E-state index contributed by atoms with van der Waals surface area (Å²) in [5, 5.41) is 9.66. The van der Waals surface area contributed by atoms with Gasteiger partial charge >= 0.3 is 0 Å². The van der Waals surface area contributed by atoms with Crippen LogP contribution < -0.4 is 25.6 Å². The summed E-state index contributed by atoms with van der Waals surface area (Å²) in [5.74, 6) is 0.384. The van der Waals surface area contributed by atoms with E-state index in [2.05, 4.69) is 49.0 Å². The van der Waals surface area contributed by atoms with Gasteiger partial charge in [-0.3, -0.25) is 14.4 Å². The number of hydrogen-bond donors (Lipinski definition) is 3. The number of benzene rings is 2. The van der Waals surface area contributed by atoms with Gasteiger partial charge in [0.15, 0.2) is 0 Å². The third-order valence-electron chi connectivity index (χ3n) is 8.62. The number of carbonyl (C=O) groups is 3. The predicted molar refractivity (Wildman–Crippen MR) is 171 cm³/mol. The fourth-order valence-corrected chi connectivity index (χ4v) is 6.04. The van der Waals surface area contributed by atoms with Crippen molar-refractivity contribution in [2.75, 3.05) is 37.5 Å². The summed E-state index contributed by atoms with van der Waals surface area (Å²) < 4.78 is 5.67. The number of likely N-dealkylation sites (N-methyl/N-ethyl adjacent to an activating group) is 1. The Labute approximate surface area is 258 Å². The number of methoxy groups -OCH3 is 1. The monoisotopic (exact) mass is 601 g/mol. The number of aromatic nitrogens is 2. The Bertz CT molecular complexity index is 1550. The number of amides is 3. The fraction of sp³-hybridized carbons (Fsp3) is 0.485. The lowest BCUT2D eigenvalue weighted by molar-refractivity contribution is -0.143. The topological polar surface area (TPSA) is 129 Å². The van der Waals surface area contributed by atoms with E-state index >= 15 is 0 Å².